The first-order chi connectivity index (χ1) is 12.3. The molecular weight excluding hydrogens is 356 g/mol. The fourth-order valence-corrected chi connectivity index (χ4v) is 3.61. The Hall–Kier alpha value is -3.26. The standard InChI is InChI=1S/C17H15ClN6O2/c1-7-3-4-10(25)12(18)13(7)23-14-9(11(15(23)19)16(20)26)5-8(2)24-17(14)21-6-22-24/h3-6,25H,19H2,1-2H3,(H2,20,26). The van der Waals surface area contributed by atoms with E-state index in [-0.39, 0.29) is 22.2 Å². The van der Waals surface area contributed by atoms with Gasteiger partial charge in [-0.1, -0.05) is 17.7 Å². The summed E-state index contributed by atoms with van der Waals surface area (Å²) in [6.07, 6.45) is 1.41. The number of aromatic hydroxyl groups is 1. The zero-order chi connectivity index (χ0) is 18.7. The molecule has 0 spiro atoms. The molecule has 4 rings (SSSR count). The first-order valence-corrected chi connectivity index (χ1v) is 8.12. The third-order valence-electron chi connectivity index (χ3n) is 4.46. The van der Waals surface area contributed by atoms with Gasteiger partial charge in [-0.05, 0) is 31.5 Å². The second-order valence-corrected chi connectivity index (χ2v) is 6.45. The second-order valence-electron chi connectivity index (χ2n) is 6.07. The molecule has 1 aromatic carbocycles. The fraction of sp³-hybridized carbons (Fsp3) is 0.118. The van der Waals surface area contributed by atoms with Crippen LogP contribution in [0.15, 0.2) is 24.5 Å². The van der Waals surface area contributed by atoms with Gasteiger partial charge in [-0.25, -0.2) is 9.50 Å². The van der Waals surface area contributed by atoms with Crippen LogP contribution in [-0.2, 0) is 0 Å². The maximum absolute atomic E-state index is 12.1. The first-order valence-electron chi connectivity index (χ1n) is 7.74. The Morgan fingerprint density at radius 2 is 2.04 bits per heavy atom. The zero-order valence-electron chi connectivity index (χ0n) is 14.0. The van der Waals surface area contributed by atoms with E-state index < -0.39 is 5.91 Å². The highest BCUT2D eigenvalue weighted by Crippen LogP contribution is 2.40. The van der Waals surface area contributed by atoms with E-state index in [1.807, 2.05) is 13.8 Å². The van der Waals surface area contributed by atoms with Crippen LogP contribution in [0.3, 0.4) is 0 Å². The van der Waals surface area contributed by atoms with E-state index >= 15 is 0 Å². The molecule has 0 saturated heterocycles. The maximum Gasteiger partial charge on any atom is 0.253 e. The van der Waals surface area contributed by atoms with Crippen molar-refractivity contribution in [1.82, 2.24) is 19.2 Å². The number of aromatic nitrogens is 4. The number of aryl methyl sites for hydroxylation is 2. The van der Waals surface area contributed by atoms with Crippen LogP contribution in [0.25, 0.3) is 22.2 Å². The lowest BCUT2D eigenvalue weighted by molar-refractivity contribution is 0.100. The van der Waals surface area contributed by atoms with Crippen molar-refractivity contribution in [3.8, 4) is 11.4 Å². The van der Waals surface area contributed by atoms with Crippen LogP contribution < -0.4 is 11.5 Å². The molecule has 5 N–H and O–H groups in total. The van der Waals surface area contributed by atoms with E-state index in [1.165, 1.54) is 12.4 Å². The normalized spacial score (nSPS) is 11.5. The molecule has 0 aliphatic rings. The van der Waals surface area contributed by atoms with E-state index in [9.17, 15) is 9.90 Å². The predicted octanol–water partition coefficient (Wildman–Crippen LogP) is 2.33. The van der Waals surface area contributed by atoms with Crippen LogP contribution in [0.2, 0.25) is 5.02 Å². The number of fused-ring (bicyclic) bond motifs is 3. The number of carbonyl (C=O) groups is 1. The van der Waals surface area contributed by atoms with Gasteiger partial charge in [0.2, 0.25) is 0 Å². The molecule has 0 unspecified atom stereocenters. The number of hydrogen-bond acceptors (Lipinski definition) is 5. The summed E-state index contributed by atoms with van der Waals surface area (Å²) in [4.78, 5) is 16.4. The number of carbonyl (C=O) groups excluding carboxylic acids is 1. The highest BCUT2D eigenvalue weighted by Gasteiger charge is 2.26. The number of halogens is 1. The Labute approximate surface area is 152 Å². The number of hydrogen-bond donors (Lipinski definition) is 3. The molecule has 0 radical (unpaired) electrons. The third-order valence-corrected chi connectivity index (χ3v) is 4.83. The number of nitrogens with zero attached hydrogens (tertiary/aromatic N) is 4. The SMILES string of the molecule is Cc1ccc(O)c(Cl)c1-n1c(N)c(C(N)=O)c2cc(C)n3ncnc3c21. The summed E-state index contributed by atoms with van der Waals surface area (Å²) in [7, 11) is 0. The minimum absolute atomic E-state index is 0.0984. The number of pyridine rings is 1. The van der Waals surface area contributed by atoms with Crippen molar-refractivity contribution in [3.63, 3.8) is 0 Å². The molecule has 0 aliphatic carbocycles. The number of anilines is 1. The minimum atomic E-state index is -0.663. The Morgan fingerprint density at radius 1 is 1.31 bits per heavy atom. The molecule has 8 nitrogen and oxygen atoms in total. The summed E-state index contributed by atoms with van der Waals surface area (Å²) in [6, 6.07) is 4.98. The summed E-state index contributed by atoms with van der Waals surface area (Å²) in [5, 5.41) is 14.9. The van der Waals surface area contributed by atoms with Gasteiger partial charge in [-0.3, -0.25) is 9.36 Å². The monoisotopic (exact) mass is 370 g/mol. The summed E-state index contributed by atoms with van der Waals surface area (Å²) in [5.41, 5.74) is 15.1. The molecule has 0 saturated carbocycles. The van der Waals surface area contributed by atoms with Gasteiger partial charge < -0.3 is 16.6 Å². The van der Waals surface area contributed by atoms with Crippen LogP contribution in [0, 0.1) is 13.8 Å². The molecule has 132 valence electrons. The van der Waals surface area contributed by atoms with E-state index in [2.05, 4.69) is 10.1 Å². The minimum Gasteiger partial charge on any atom is -0.506 e. The molecule has 0 fully saturated rings. The van der Waals surface area contributed by atoms with Crippen LogP contribution in [-0.4, -0.2) is 30.2 Å². The van der Waals surface area contributed by atoms with E-state index in [0.717, 1.165) is 11.3 Å². The highest BCUT2D eigenvalue weighted by atomic mass is 35.5. The average molecular weight is 371 g/mol. The zero-order valence-corrected chi connectivity index (χ0v) is 14.7. The largest absolute Gasteiger partial charge is 0.506 e. The van der Waals surface area contributed by atoms with E-state index in [4.69, 9.17) is 23.1 Å². The predicted molar refractivity (Wildman–Crippen MR) is 98.9 cm³/mol. The lowest BCUT2D eigenvalue weighted by Gasteiger charge is -2.14. The number of benzene rings is 1. The molecule has 9 heteroatoms. The van der Waals surface area contributed by atoms with Gasteiger partial charge in [0.15, 0.2) is 5.65 Å². The van der Waals surface area contributed by atoms with Gasteiger partial charge in [0.25, 0.3) is 5.91 Å². The Bertz CT molecular complexity index is 1220. The Morgan fingerprint density at radius 3 is 2.73 bits per heavy atom. The van der Waals surface area contributed by atoms with Gasteiger partial charge in [0, 0.05) is 11.1 Å². The van der Waals surface area contributed by atoms with Crippen LogP contribution in [0.4, 0.5) is 5.82 Å². The third kappa shape index (κ3) is 1.99. The van der Waals surface area contributed by atoms with Gasteiger partial charge in [0.05, 0.1) is 11.3 Å². The van der Waals surface area contributed by atoms with Crippen LogP contribution in [0.1, 0.15) is 21.6 Å². The summed E-state index contributed by atoms with van der Waals surface area (Å²) < 4.78 is 3.23. The van der Waals surface area contributed by atoms with E-state index in [0.29, 0.717) is 22.2 Å². The van der Waals surface area contributed by atoms with Crippen molar-refractivity contribution in [2.24, 2.45) is 5.73 Å². The molecule has 3 heterocycles. The smallest absolute Gasteiger partial charge is 0.253 e. The van der Waals surface area contributed by atoms with Gasteiger partial charge in [-0.2, -0.15) is 5.10 Å². The summed E-state index contributed by atoms with van der Waals surface area (Å²) >= 11 is 6.37. The van der Waals surface area contributed by atoms with Crippen molar-refractivity contribution in [2.75, 3.05) is 5.73 Å². The topological polar surface area (TPSA) is 124 Å². The molecule has 4 aromatic rings. The lowest BCUT2D eigenvalue weighted by Crippen LogP contribution is -2.14. The molecule has 0 aliphatic heterocycles. The number of rotatable bonds is 2. The number of amides is 1. The summed E-state index contributed by atoms with van der Waals surface area (Å²) in [5.74, 6) is -0.638. The average Bonchev–Trinajstić information content (AvgIpc) is 3.15. The van der Waals surface area contributed by atoms with Crippen molar-refractivity contribution in [2.45, 2.75) is 13.8 Å². The molecule has 0 bridgehead atoms. The number of primary amides is 1. The fourth-order valence-electron chi connectivity index (χ4n) is 3.32. The quantitative estimate of drug-likeness (QED) is 0.499. The lowest BCUT2D eigenvalue weighted by atomic mass is 10.1. The van der Waals surface area contributed by atoms with Crippen molar-refractivity contribution in [3.05, 3.63) is 46.4 Å². The first kappa shape index (κ1) is 16.2. The van der Waals surface area contributed by atoms with Gasteiger partial charge in [-0.15, -0.1) is 0 Å². The maximum atomic E-state index is 12.1. The van der Waals surface area contributed by atoms with Gasteiger partial charge >= 0.3 is 0 Å². The number of phenolic OH excluding ortho intramolecular Hbond substituents is 1. The number of phenols is 1. The van der Waals surface area contributed by atoms with E-state index in [1.54, 1.807) is 21.2 Å². The van der Waals surface area contributed by atoms with Crippen molar-refractivity contribution < 1.29 is 9.90 Å². The number of nitrogens with two attached hydrogens (primary N) is 2. The van der Waals surface area contributed by atoms with Crippen LogP contribution in [0.5, 0.6) is 5.75 Å². The molecule has 3 aromatic heterocycles. The number of nitrogen functional groups attached to an aromatic ring is 1. The van der Waals surface area contributed by atoms with Crippen molar-refractivity contribution >= 4 is 39.9 Å². The van der Waals surface area contributed by atoms with Gasteiger partial charge in [0.1, 0.15) is 28.4 Å². The highest BCUT2D eigenvalue weighted by molar-refractivity contribution is 6.34. The molecule has 0 atom stereocenters. The van der Waals surface area contributed by atoms with Crippen LogP contribution >= 0.6 is 11.6 Å². The summed E-state index contributed by atoms with van der Waals surface area (Å²) in [6.45, 7) is 3.66. The molecular formula is C17H15ClN6O2. The second kappa shape index (κ2) is 5.37. The molecule has 1 amide bonds. The Kier molecular flexibility index (Phi) is 3.35. The van der Waals surface area contributed by atoms with Crippen molar-refractivity contribution in [1.29, 1.82) is 0 Å². The molecule has 26 heavy (non-hydrogen) atoms. The Balaban J connectivity index is 2.31.